The Morgan fingerprint density at radius 3 is 1.27 bits per heavy atom. The van der Waals surface area contributed by atoms with Gasteiger partial charge in [0, 0.05) is 0 Å². The molecule has 0 fully saturated rings. The Hall–Kier alpha value is 0.390. The molecule has 0 aromatic carbocycles. The van der Waals surface area contributed by atoms with E-state index < -0.39 is 7.49 Å². The lowest BCUT2D eigenvalue weighted by Gasteiger charge is -2.24. The van der Waals surface area contributed by atoms with Gasteiger partial charge in [-0.3, -0.25) is 0 Å². The molecule has 0 unspecified atom stereocenters. The van der Waals surface area contributed by atoms with E-state index in [0.29, 0.717) is 0 Å². The van der Waals surface area contributed by atoms with Crippen LogP contribution in [0.15, 0.2) is 0 Å². The van der Waals surface area contributed by atoms with Crippen LogP contribution in [0.3, 0.4) is 0 Å². The van der Waals surface area contributed by atoms with Crippen LogP contribution < -0.4 is 0 Å². The van der Waals surface area contributed by atoms with Gasteiger partial charge in [0.05, 0.1) is 25.6 Å². The van der Waals surface area contributed by atoms with Gasteiger partial charge in [0.2, 0.25) is 0 Å². The molecule has 0 aliphatic rings. The largest absolute Gasteiger partial charge is 0.241 e. The zero-order valence-electron chi connectivity index (χ0n) is 11.2. The monoisotopic (exact) mass is 233 g/mol. The predicted octanol–water partition coefficient (Wildman–Crippen LogP) is 4.97. The summed E-state index contributed by atoms with van der Waals surface area (Å²) in [4.78, 5) is 0. The lowest BCUT2D eigenvalue weighted by molar-refractivity contribution is 0.438. The number of rotatable bonds is 10. The summed E-state index contributed by atoms with van der Waals surface area (Å²) in [7, 11) is 0.927. The molecular formula is C13H30OP+. The second-order valence-corrected chi connectivity index (χ2v) is 8.30. The van der Waals surface area contributed by atoms with Crippen LogP contribution in [0.2, 0.25) is 0 Å². The second-order valence-electron chi connectivity index (χ2n) is 4.47. The lowest BCUT2D eigenvalue weighted by Crippen LogP contribution is -2.10. The summed E-state index contributed by atoms with van der Waals surface area (Å²) in [5.74, 6) is 0. The minimum absolute atomic E-state index is 1.03. The third-order valence-corrected chi connectivity index (χ3v) is 7.31. The number of hydrogen-bond acceptors (Lipinski definition) is 1. The van der Waals surface area contributed by atoms with Gasteiger partial charge in [-0.05, 0) is 19.3 Å². The first-order valence-electron chi connectivity index (χ1n) is 6.66. The lowest BCUT2D eigenvalue weighted by atomic mass is 10.4. The molecule has 0 aliphatic heterocycles. The van der Waals surface area contributed by atoms with Crippen LogP contribution in [0.4, 0.5) is 0 Å². The molecule has 0 rings (SSSR count). The first kappa shape index (κ1) is 15.4. The van der Waals surface area contributed by atoms with Gasteiger partial charge >= 0.3 is 0 Å². The summed E-state index contributed by atoms with van der Waals surface area (Å²) in [5.41, 5.74) is 0. The smallest absolute Gasteiger partial charge is 0.145 e. The molecular weight excluding hydrogens is 203 g/mol. The van der Waals surface area contributed by atoms with Gasteiger partial charge < -0.3 is 0 Å². The van der Waals surface area contributed by atoms with Gasteiger partial charge in [-0.2, -0.15) is 0 Å². The topological polar surface area (TPSA) is 9.23 Å². The second kappa shape index (κ2) is 9.60. The summed E-state index contributed by atoms with van der Waals surface area (Å²) in [6.07, 6.45) is 12.1. The molecule has 0 aromatic heterocycles. The quantitative estimate of drug-likeness (QED) is 0.484. The average molecular weight is 233 g/mol. The van der Waals surface area contributed by atoms with E-state index in [1.54, 1.807) is 0 Å². The van der Waals surface area contributed by atoms with Crippen LogP contribution in [0.5, 0.6) is 0 Å². The average Bonchev–Trinajstić information content (AvgIpc) is 2.29. The maximum Gasteiger partial charge on any atom is 0.145 e. The van der Waals surface area contributed by atoms with E-state index in [9.17, 15) is 0 Å². The third kappa shape index (κ3) is 6.53. The van der Waals surface area contributed by atoms with Crippen LogP contribution in [0.25, 0.3) is 0 Å². The van der Waals surface area contributed by atoms with Crippen molar-refractivity contribution < 1.29 is 4.52 Å². The Kier molecular flexibility index (Phi) is 9.85. The first-order valence-corrected chi connectivity index (χ1v) is 8.92. The standard InChI is InChI=1S/C13H30OP/c1-5-8-11-15(14-4,12-9-6-2)13-10-7-3/h5-13H2,1-4H3/q+1. The molecule has 0 amide bonds. The van der Waals surface area contributed by atoms with Gasteiger partial charge in [0.1, 0.15) is 7.49 Å². The molecule has 0 bridgehead atoms. The van der Waals surface area contributed by atoms with E-state index in [2.05, 4.69) is 20.8 Å². The fraction of sp³-hybridized carbons (Fsp3) is 1.00. The maximum atomic E-state index is 5.96. The minimum Gasteiger partial charge on any atom is -0.241 e. The van der Waals surface area contributed by atoms with Crippen LogP contribution in [0.1, 0.15) is 59.3 Å². The van der Waals surface area contributed by atoms with Crippen molar-refractivity contribution in [2.75, 3.05) is 25.6 Å². The Morgan fingerprint density at radius 2 is 1.07 bits per heavy atom. The molecule has 0 aromatic rings. The summed E-state index contributed by atoms with van der Waals surface area (Å²) >= 11 is 0. The first-order chi connectivity index (χ1) is 7.24. The molecule has 0 radical (unpaired) electrons. The van der Waals surface area contributed by atoms with E-state index in [0.717, 1.165) is 0 Å². The van der Waals surface area contributed by atoms with Gasteiger partial charge in [-0.25, -0.2) is 4.52 Å². The van der Waals surface area contributed by atoms with Crippen LogP contribution in [0, 0.1) is 0 Å². The Morgan fingerprint density at radius 1 is 0.733 bits per heavy atom. The molecule has 0 N–H and O–H groups in total. The molecule has 0 saturated heterocycles. The van der Waals surface area contributed by atoms with Crippen molar-refractivity contribution in [1.82, 2.24) is 0 Å². The van der Waals surface area contributed by atoms with E-state index in [4.69, 9.17) is 4.52 Å². The van der Waals surface area contributed by atoms with E-state index in [1.165, 1.54) is 57.0 Å². The summed E-state index contributed by atoms with van der Waals surface area (Å²) in [6.45, 7) is 6.85. The van der Waals surface area contributed by atoms with Gasteiger partial charge in [-0.1, -0.05) is 40.0 Å². The molecule has 2 heteroatoms. The number of hydrogen-bond donors (Lipinski definition) is 0. The highest BCUT2D eigenvalue weighted by molar-refractivity contribution is 7.71. The zero-order chi connectivity index (χ0) is 11.6. The molecule has 92 valence electrons. The molecule has 1 nitrogen and oxygen atoms in total. The minimum atomic E-state index is -1.03. The molecule has 0 heterocycles. The van der Waals surface area contributed by atoms with Gasteiger partial charge in [0.25, 0.3) is 0 Å². The molecule has 0 aliphatic carbocycles. The molecule has 0 atom stereocenters. The fourth-order valence-electron chi connectivity index (χ4n) is 1.95. The SMILES string of the molecule is CCCC[P+](CCCC)(CCCC)OC. The van der Waals surface area contributed by atoms with Crippen molar-refractivity contribution in [3.05, 3.63) is 0 Å². The summed E-state index contributed by atoms with van der Waals surface area (Å²) in [5, 5.41) is 0. The summed E-state index contributed by atoms with van der Waals surface area (Å²) < 4.78 is 5.96. The van der Waals surface area contributed by atoms with Crippen molar-refractivity contribution in [2.45, 2.75) is 59.3 Å². The van der Waals surface area contributed by atoms with E-state index in [-0.39, 0.29) is 0 Å². The Balaban J connectivity index is 4.16. The molecule has 0 saturated carbocycles. The van der Waals surface area contributed by atoms with Crippen LogP contribution in [-0.2, 0) is 4.52 Å². The third-order valence-electron chi connectivity index (χ3n) is 3.14. The Labute approximate surface area is 97.4 Å². The summed E-state index contributed by atoms with van der Waals surface area (Å²) in [6, 6.07) is 0. The van der Waals surface area contributed by atoms with Crippen LogP contribution in [-0.4, -0.2) is 25.6 Å². The van der Waals surface area contributed by atoms with Gasteiger partial charge in [0.15, 0.2) is 0 Å². The molecule has 15 heavy (non-hydrogen) atoms. The predicted molar refractivity (Wildman–Crippen MR) is 73.3 cm³/mol. The van der Waals surface area contributed by atoms with Crippen molar-refractivity contribution in [2.24, 2.45) is 0 Å². The fourth-order valence-corrected chi connectivity index (χ4v) is 5.84. The number of unbranched alkanes of at least 4 members (excludes halogenated alkanes) is 3. The van der Waals surface area contributed by atoms with Crippen molar-refractivity contribution in [3.63, 3.8) is 0 Å². The van der Waals surface area contributed by atoms with Crippen LogP contribution >= 0.6 is 7.49 Å². The molecule has 0 spiro atoms. The Bertz CT molecular complexity index is 115. The van der Waals surface area contributed by atoms with E-state index in [1.807, 2.05) is 7.11 Å². The van der Waals surface area contributed by atoms with E-state index >= 15 is 0 Å². The van der Waals surface area contributed by atoms with Gasteiger partial charge in [-0.15, -0.1) is 0 Å². The zero-order valence-corrected chi connectivity index (χ0v) is 12.1. The highest BCUT2D eigenvalue weighted by atomic mass is 31.2. The maximum absolute atomic E-state index is 5.96. The normalized spacial score (nSPS) is 12.0. The van der Waals surface area contributed by atoms with Crippen molar-refractivity contribution in [3.8, 4) is 0 Å². The highest BCUT2D eigenvalue weighted by Crippen LogP contribution is 2.61. The highest BCUT2D eigenvalue weighted by Gasteiger charge is 2.35. The van der Waals surface area contributed by atoms with Crippen molar-refractivity contribution in [1.29, 1.82) is 0 Å². The van der Waals surface area contributed by atoms with Crippen molar-refractivity contribution >= 4 is 7.49 Å².